The molecule has 0 amide bonds. The van der Waals surface area contributed by atoms with Gasteiger partial charge in [-0.2, -0.15) is 0 Å². The van der Waals surface area contributed by atoms with Crippen molar-refractivity contribution >= 4 is 5.78 Å². The monoisotopic (exact) mass is 309 g/mol. The van der Waals surface area contributed by atoms with Gasteiger partial charge < -0.3 is 9.84 Å². The molecule has 4 nitrogen and oxygen atoms in total. The van der Waals surface area contributed by atoms with E-state index in [2.05, 4.69) is 4.98 Å². The van der Waals surface area contributed by atoms with Crippen molar-refractivity contribution in [2.24, 2.45) is 0 Å². The fourth-order valence-electron chi connectivity index (χ4n) is 2.01. The smallest absolute Gasteiger partial charge is 0.219 e. The molecule has 114 valence electrons. The topological polar surface area (TPSA) is 59.4 Å². The number of aromatic nitrogens is 1. The Kier molecular flexibility index (Phi) is 4.01. The molecular weight excluding hydrogens is 297 g/mol. The molecule has 0 bridgehead atoms. The first-order valence-corrected chi connectivity index (χ1v) is 6.86. The Labute approximate surface area is 131 Å². The van der Waals surface area contributed by atoms with Gasteiger partial charge in [-0.15, -0.1) is 0 Å². The predicted molar refractivity (Wildman–Crippen MR) is 82.3 cm³/mol. The number of hydrogen-bond donors (Lipinski definition) is 1. The summed E-state index contributed by atoms with van der Waals surface area (Å²) in [6, 6.07) is 17.3. The minimum Gasteiger partial charge on any atom is -0.505 e. The minimum atomic E-state index is -0.782. The highest BCUT2D eigenvalue weighted by Gasteiger charge is 2.14. The lowest BCUT2D eigenvalue weighted by Crippen LogP contribution is -2.04. The molecule has 0 unspecified atom stereocenters. The Morgan fingerprint density at radius 1 is 1.00 bits per heavy atom. The molecule has 0 radical (unpaired) electrons. The molecule has 1 N–H and O–H groups in total. The largest absolute Gasteiger partial charge is 0.505 e. The van der Waals surface area contributed by atoms with Gasteiger partial charge in [0.15, 0.2) is 11.6 Å². The maximum atomic E-state index is 13.1. The number of nitrogens with zero attached hydrogens (tertiary/aromatic N) is 1. The van der Waals surface area contributed by atoms with Gasteiger partial charge in [0.05, 0.1) is 0 Å². The number of halogens is 1. The quantitative estimate of drug-likeness (QED) is 0.741. The van der Waals surface area contributed by atoms with Crippen molar-refractivity contribution in [1.29, 1.82) is 0 Å². The molecule has 0 saturated heterocycles. The van der Waals surface area contributed by atoms with E-state index in [1.54, 1.807) is 24.3 Å². The van der Waals surface area contributed by atoms with Gasteiger partial charge in [-0.3, -0.25) is 4.79 Å². The highest BCUT2D eigenvalue weighted by atomic mass is 19.1. The van der Waals surface area contributed by atoms with Gasteiger partial charge >= 0.3 is 0 Å². The van der Waals surface area contributed by atoms with E-state index in [0.29, 0.717) is 5.75 Å². The van der Waals surface area contributed by atoms with E-state index in [9.17, 15) is 14.3 Å². The summed E-state index contributed by atoms with van der Waals surface area (Å²) < 4.78 is 18.6. The fourth-order valence-corrected chi connectivity index (χ4v) is 2.01. The Balaban J connectivity index is 1.87. The number of hydrogen-bond acceptors (Lipinski definition) is 4. The maximum Gasteiger partial charge on any atom is 0.219 e. The van der Waals surface area contributed by atoms with Crippen LogP contribution in [0.3, 0.4) is 0 Å². The van der Waals surface area contributed by atoms with Crippen LogP contribution in [0, 0.1) is 5.82 Å². The van der Waals surface area contributed by atoms with Gasteiger partial charge in [-0.1, -0.05) is 24.3 Å². The molecule has 1 heterocycles. The highest BCUT2D eigenvalue weighted by molar-refractivity contribution is 6.07. The van der Waals surface area contributed by atoms with E-state index in [4.69, 9.17) is 4.74 Å². The van der Waals surface area contributed by atoms with E-state index in [1.807, 2.05) is 18.2 Å². The van der Waals surface area contributed by atoms with E-state index in [0.717, 1.165) is 12.1 Å². The molecule has 2 aromatic carbocycles. The van der Waals surface area contributed by atoms with Crippen molar-refractivity contribution in [2.75, 3.05) is 0 Å². The number of carbonyl (C=O) groups excluding carboxylic acids is 1. The Bertz CT molecular complexity index is 850. The number of para-hydroxylation sites is 1. The highest BCUT2D eigenvalue weighted by Crippen LogP contribution is 2.21. The second-order valence-electron chi connectivity index (χ2n) is 4.77. The van der Waals surface area contributed by atoms with E-state index >= 15 is 0 Å². The van der Waals surface area contributed by atoms with Crippen molar-refractivity contribution in [1.82, 2.24) is 4.98 Å². The summed E-state index contributed by atoms with van der Waals surface area (Å²) in [5.41, 5.74) is 0.290. The molecule has 23 heavy (non-hydrogen) atoms. The van der Waals surface area contributed by atoms with Crippen LogP contribution in [0.4, 0.5) is 4.39 Å². The summed E-state index contributed by atoms with van der Waals surface area (Å²) in [7, 11) is 0. The predicted octanol–water partition coefficient (Wildman–Crippen LogP) is 3.95. The first-order chi connectivity index (χ1) is 11.1. The van der Waals surface area contributed by atoms with Crippen molar-refractivity contribution in [3.05, 3.63) is 83.8 Å². The fraction of sp³-hybridized carbons (Fsp3) is 0. The molecule has 1 aromatic heterocycles. The Morgan fingerprint density at radius 3 is 2.52 bits per heavy atom. The molecule has 3 aromatic rings. The summed E-state index contributed by atoms with van der Waals surface area (Å²) in [6.07, 6.45) is 0. The molecule has 0 aliphatic carbocycles. The van der Waals surface area contributed by atoms with Crippen LogP contribution in [-0.2, 0) is 0 Å². The normalized spacial score (nSPS) is 10.3. The summed E-state index contributed by atoms with van der Waals surface area (Å²) in [5.74, 6) is -0.917. The van der Waals surface area contributed by atoms with Gasteiger partial charge in [0, 0.05) is 11.6 Å². The molecule has 0 fully saturated rings. The van der Waals surface area contributed by atoms with Crippen LogP contribution in [-0.4, -0.2) is 15.9 Å². The van der Waals surface area contributed by atoms with Crippen LogP contribution in [0.1, 0.15) is 16.1 Å². The number of ketones is 1. The van der Waals surface area contributed by atoms with Gasteiger partial charge in [0.25, 0.3) is 0 Å². The summed E-state index contributed by atoms with van der Waals surface area (Å²) in [4.78, 5) is 16.5. The molecule has 0 spiro atoms. The lowest BCUT2D eigenvalue weighted by molar-refractivity contribution is 0.103. The zero-order chi connectivity index (χ0) is 16.2. The molecule has 0 aliphatic heterocycles. The number of phenolic OH excluding ortho intramolecular Hbond substituents is 1. The van der Waals surface area contributed by atoms with Crippen LogP contribution < -0.4 is 4.74 Å². The standard InChI is InChI=1S/C18H12FNO3/c19-14-10-9-12(11-16(14)21)18(22)15-7-4-8-17(20-15)23-13-5-2-1-3-6-13/h1-11,21H. The second-order valence-corrected chi connectivity index (χ2v) is 4.77. The zero-order valence-electron chi connectivity index (χ0n) is 11.9. The van der Waals surface area contributed by atoms with E-state index < -0.39 is 17.3 Å². The molecule has 0 aliphatic rings. The van der Waals surface area contributed by atoms with Crippen molar-refractivity contribution < 1.29 is 19.0 Å². The summed E-state index contributed by atoms with van der Waals surface area (Å²) >= 11 is 0. The number of carbonyl (C=O) groups is 1. The van der Waals surface area contributed by atoms with E-state index in [-0.39, 0.29) is 17.1 Å². The maximum absolute atomic E-state index is 13.1. The first-order valence-electron chi connectivity index (χ1n) is 6.86. The lowest BCUT2D eigenvalue weighted by atomic mass is 10.1. The van der Waals surface area contributed by atoms with Gasteiger partial charge in [0.2, 0.25) is 11.7 Å². The lowest BCUT2D eigenvalue weighted by Gasteiger charge is -2.06. The average Bonchev–Trinajstić information content (AvgIpc) is 2.58. The van der Waals surface area contributed by atoms with Crippen LogP contribution in [0.2, 0.25) is 0 Å². The number of rotatable bonds is 4. The first kappa shape index (κ1) is 14.7. The molecule has 3 rings (SSSR count). The molecule has 0 atom stereocenters. The Hall–Kier alpha value is -3.21. The third-order valence-electron chi connectivity index (χ3n) is 3.13. The molecular formula is C18H12FNO3. The number of pyridine rings is 1. The van der Waals surface area contributed by atoms with Gasteiger partial charge in [-0.25, -0.2) is 9.37 Å². The second kappa shape index (κ2) is 6.27. The molecule has 5 heteroatoms. The average molecular weight is 309 g/mol. The van der Waals surface area contributed by atoms with Gasteiger partial charge in [-0.05, 0) is 36.4 Å². The van der Waals surface area contributed by atoms with Crippen LogP contribution in [0.15, 0.2) is 66.7 Å². The third-order valence-corrected chi connectivity index (χ3v) is 3.13. The zero-order valence-corrected chi connectivity index (χ0v) is 11.9. The summed E-state index contributed by atoms with van der Waals surface area (Å²) in [6.45, 7) is 0. The van der Waals surface area contributed by atoms with Crippen molar-refractivity contribution in [3.8, 4) is 17.4 Å². The van der Waals surface area contributed by atoms with E-state index in [1.165, 1.54) is 12.1 Å². The number of benzene rings is 2. The number of phenols is 1. The number of aromatic hydroxyl groups is 1. The summed E-state index contributed by atoms with van der Waals surface area (Å²) in [5, 5.41) is 9.37. The SMILES string of the molecule is O=C(c1ccc(F)c(O)c1)c1cccc(Oc2ccccc2)n1. The Morgan fingerprint density at radius 2 is 1.78 bits per heavy atom. The van der Waals surface area contributed by atoms with Crippen molar-refractivity contribution in [3.63, 3.8) is 0 Å². The van der Waals surface area contributed by atoms with Crippen LogP contribution in [0.5, 0.6) is 17.4 Å². The van der Waals surface area contributed by atoms with Crippen LogP contribution >= 0.6 is 0 Å². The van der Waals surface area contributed by atoms with Gasteiger partial charge in [0.1, 0.15) is 11.4 Å². The minimum absolute atomic E-state index is 0.143. The number of ether oxygens (including phenoxy) is 1. The molecule has 0 saturated carbocycles. The van der Waals surface area contributed by atoms with Crippen LogP contribution in [0.25, 0.3) is 0 Å². The van der Waals surface area contributed by atoms with Crippen molar-refractivity contribution in [2.45, 2.75) is 0 Å². The third kappa shape index (κ3) is 3.35.